The van der Waals surface area contributed by atoms with Gasteiger partial charge in [-0.15, -0.1) is 0 Å². The lowest BCUT2D eigenvalue weighted by molar-refractivity contribution is -0.121. The van der Waals surface area contributed by atoms with Crippen molar-refractivity contribution in [2.75, 3.05) is 35.2 Å². The van der Waals surface area contributed by atoms with Gasteiger partial charge in [-0.25, -0.2) is 4.79 Å². The van der Waals surface area contributed by atoms with Gasteiger partial charge in [0.15, 0.2) is 0 Å². The number of aldehydes is 1. The van der Waals surface area contributed by atoms with Crippen LogP contribution in [0, 0.1) is 5.41 Å². The summed E-state index contributed by atoms with van der Waals surface area (Å²) in [5, 5.41) is 21.1. The van der Waals surface area contributed by atoms with Gasteiger partial charge in [0.2, 0.25) is 11.8 Å². The molecule has 3 amide bonds. The number of hydrogen-bond donors (Lipinski definition) is 5. The van der Waals surface area contributed by atoms with Crippen molar-refractivity contribution in [3.63, 3.8) is 0 Å². The van der Waals surface area contributed by atoms with Gasteiger partial charge in [-0.1, -0.05) is 56.3 Å². The highest BCUT2D eigenvalue weighted by Crippen LogP contribution is 2.26. The highest BCUT2D eigenvalue weighted by Gasteiger charge is 2.37. The van der Waals surface area contributed by atoms with E-state index in [1.807, 2.05) is 71.6 Å². The number of benzene rings is 3. The number of anilines is 3. The Morgan fingerprint density at radius 1 is 0.896 bits per heavy atom. The number of carbonyl (C=O) groups excluding carboxylic acids is 3. The second kappa shape index (κ2) is 15.9. The zero-order valence-corrected chi connectivity index (χ0v) is 27.7. The van der Waals surface area contributed by atoms with Gasteiger partial charge in [0, 0.05) is 42.1 Å². The maximum atomic E-state index is 13.4. The van der Waals surface area contributed by atoms with E-state index >= 15 is 0 Å². The summed E-state index contributed by atoms with van der Waals surface area (Å²) in [6.07, 6.45) is 2.90. The van der Waals surface area contributed by atoms with Crippen LogP contribution in [0.25, 0.3) is 0 Å². The van der Waals surface area contributed by atoms with Gasteiger partial charge in [0.1, 0.15) is 6.29 Å². The number of amides is 3. The zero-order valence-electron chi connectivity index (χ0n) is 27.7. The summed E-state index contributed by atoms with van der Waals surface area (Å²) in [5.41, 5.74) is 3.81. The number of rotatable bonds is 14. The van der Waals surface area contributed by atoms with Crippen LogP contribution in [-0.2, 0) is 27.5 Å². The second-order valence-electron chi connectivity index (χ2n) is 13.3. The molecule has 2 aliphatic rings. The maximum absolute atomic E-state index is 13.4. The molecule has 254 valence electrons. The van der Waals surface area contributed by atoms with E-state index in [0.717, 1.165) is 54.6 Å². The number of nitrogens with zero attached hydrogens (tertiary/aromatic N) is 2. The third kappa shape index (κ3) is 9.20. The number of nitrogens with one attached hydrogen (secondary N) is 4. The molecule has 0 aromatic heterocycles. The topological polar surface area (TPSA) is 143 Å². The average Bonchev–Trinajstić information content (AvgIpc) is 3.79. The molecular formula is C37H46N6O5. The molecule has 0 bridgehead atoms. The maximum Gasteiger partial charge on any atom is 0.404 e. The van der Waals surface area contributed by atoms with Crippen molar-refractivity contribution in [3.8, 4) is 0 Å². The van der Waals surface area contributed by atoms with E-state index in [4.69, 9.17) is 0 Å². The summed E-state index contributed by atoms with van der Waals surface area (Å²) in [6, 6.07) is 24.8. The molecule has 2 saturated heterocycles. The Labute approximate surface area is 282 Å². The summed E-state index contributed by atoms with van der Waals surface area (Å²) in [6.45, 7) is 6.48. The van der Waals surface area contributed by atoms with E-state index in [2.05, 4.69) is 38.3 Å². The van der Waals surface area contributed by atoms with Gasteiger partial charge in [-0.3, -0.25) is 14.5 Å². The lowest BCUT2D eigenvalue weighted by atomic mass is 9.85. The Bertz CT molecular complexity index is 1540. The first kappa shape index (κ1) is 34.6. The molecule has 0 radical (unpaired) electrons. The molecule has 3 aromatic rings. The Hall–Kier alpha value is -4.74. The molecule has 3 aromatic carbocycles. The van der Waals surface area contributed by atoms with Crippen LogP contribution < -0.4 is 26.2 Å². The fourth-order valence-electron chi connectivity index (χ4n) is 6.34. The van der Waals surface area contributed by atoms with Crippen molar-refractivity contribution in [1.29, 1.82) is 0 Å². The first-order valence-corrected chi connectivity index (χ1v) is 16.6. The fourth-order valence-corrected chi connectivity index (χ4v) is 6.34. The van der Waals surface area contributed by atoms with Gasteiger partial charge < -0.3 is 36.1 Å². The molecule has 2 aliphatic heterocycles. The lowest BCUT2D eigenvalue weighted by Gasteiger charge is -2.34. The average molecular weight is 655 g/mol. The molecule has 2 heterocycles. The minimum Gasteiger partial charge on any atom is -0.465 e. The summed E-state index contributed by atoms with van der Waals surface area (Å²) < 4.78 is 0. The van der Waals surface area contributed by atoms with Crippen LogP contribution in [0.15, 0.2) is 78.9 Å². The molecule has 5 N–H and O–H groups in total. The summed E-state index contributed by atoms with van der Waals surface area (Å²) in [4.78, 5) is 53.2. The predicted molar refractivity (Wildman–Crippen MR) is 187 cm³/mol. The molecule has 2 fully saturated rings. The van der Waals surface area contributed by atoms with Crippen LogP contribution in [0.3, 0.4) is 0 Å². The normalized spacial score (nSPS) is 18.5. The van der Waals surface area contributed by atoms with Crippen LogP contribution in [0.1, 0.15) is 50.7 Å². The molecule has 11 heteroatoms. The van der Waals surface area contributed by atoms with E-state index in [9.17, 15) is 24.3 Å². The third-order valence-corrected chi connectivity index (χ3v) is 9.27. The zero-order chi connectivity index (χ0) is 34.1. The van der Waals surface area contributed by atoms with Crippen LogP contribution in [0.5, 0.6) is 0 Å². The Morgan fingerprint density at radius 2 is 1.50 bits per heavy atom. The van der Waals surface area contributed by atoms with Crippen LogP contribution in [0.4, 0.5) is 21.9 Å². The quantitative estimate of drug-likeness (QED) is 0.155. The van der Waals surface area contributed by atoms with Crippen molar-refractivity contribution >= 4 is 41.3 Å². The number of hydrogen-bond acceptors (Lipinski definition) is 7. The van der Waals surface area contributed by atoms with E-state index in [1.165, 1.54) is 0 Å². The number of carboxylic acid groups (broad SMARTS) is 1. The monoisotopic (exact) mass is 654 g/mol. The van der Waals surface area contributed by atoms with Crippen LogP contribution in [-0.4, -0.2) is 72.0 Å². The van der Waals surface area contributed by atoms with Crippen LogP contribution in [0.2, 0.25) is 0 Å². The minimum absolute atomic E-state index is 0.00619. The van der Waals surface area contributed by atoms with E-state index in [-0.39, 0.29) is 24.4 Å². The van der Waals surface area contributed by atoms with E-state index < -0.39 is 23.6 Å². The molecule has 0 unspecified atom stereocenters. The smallest absolute Gasteiger partial charge is 0.404 e. The van der Waals surface area contributed by atoms with Gasteiger partial charge in [0.25, 0.3) is 0 Å². The van der Waals surface area contributed by atoms with Crippen molar-refractivity contribution in [1.82, 2.24) is 15.5 Å². The van der Waals surface area contributed by atoms with E-state index in [1.54, 1.807) is 13.8 Å². The SMILES string of the molecule is CC(C)(C=O)[C@@H](CN1CCC[C@H]1C(=O)Nc1ccc(CN(Cc2ccc(NC(=O)[C@@H]3CCCN3)cc2)c2ccccc2)cc1)NC(=O)O. The molecule has 5 rings (SSSR count). The molecule has 3 atom stereocenters. The predicted octanol–water partition coefficient (Wildman–Crippen LogP) is 4.85. The first-order valence-electron chi connectivity index (χ1n) is 16.6. The van der Waals surface area contributed by atoms with Gasteiger partial charge in [0.05, 0.1) is 18.1 Å². The van der Waals surface area contributed by atoms with Crippen molar-refractivity contribution in [2.24, 2.45) is 5.41 Å². The Morgan fingerprint density at radius 3 is 2.04 bits per heavy atom. The van der Waals surface area contributed by atoms with Crippen molar-refractivity contribution in [3.05, 3.63) is 90.0 Å². The molecule has 0 saturated carbocycles. The Balaban J connectivity index is 1.20. The lowest BCUT2D eigenvalue weighted by Crippen LogP contribution is -2.54. The third-order valence-electron chi connectivity index (χ3n) is 9.27. The molecule has 0 aliphatic carbocycles. The first-order chi connectivity index (χ1) is 23.1. The molecule has 48 heavy (non-hydrogen) atoms. The highest BCUT2D eigenvalue weighted by atomic mass is 16.4. The van der Waals surface area contributed by atoms with Crippen LogP contribution >= 0.6 is 0 Å². The number of para-hydroxylation sites is 1. The summed E-state index contributed by atoms with van der Waals surface area (Å²) in [7, 11) is 0. The number of likely N-dealkylation sites (tertiary alicyclic amines) is 1. The Kier molecular flexibility index (Phi) is 11.5. The van der Waals surface area contributed by atoms with Gasteiger partial charge in [-0.05, 0) is 86.3 Å². The van der Waals surface area contributed by atoms with Gasteiger partial charge in [-0.2, -0.15) is 0 Å². The van der Waals surface area contributed by atoms with Gasteiger partial charge >= 0.3 is 6.09 Å². The van der Waals surface area contributed by atoms with E-state index in [0.29, 0.717) is 31.7 Å². The molecule has 11 nitrogen and oxygen atoms in total. The highest BCUT2D eigenvalue weighted by molar-refractivity contribution is 5.95. The fraction of sp³-hybridized carbons (Fsp3) is 0.405. The summed E-state index contributed by atoms with van der Waals surface area (Å²) in [5.74, 6) is -0.144. The summed E-state index contributed by atoms with van der Waals surface area (Å²) >= 11 is 0. The standard InChI is InChI=1S/C37H46N6O5/c1-37(2,25-44)33(41-36(47)48)24-42-21-7-11-32(42)35(46)40-29-18-14-27(15-19-29)23-43(30-8-4-3-5-9-30)22-26-12-16-28(17-13-26)39-34(45)31-10-6-20-38-31/h3-5,8-9,12-19,25,31-33,38,41H,6-7,10-11,20-24H2,1-2H3,(H,39,45)(H,40,46)(H,47,48)/t31-,32-,33+/m0/s1. The largest absolute Gasteiger partial charge is 0.465 e. The number of carbonyl (C=O) groups is 4. The second-order valence-corrected chi connectivity index (χ2v) is 13.3. The molecular weight excluding hydrogens is 608 g/mol. The minimum atomic E-state index is -1.20. The molecule has 0 spiro atoms. The van der Waals surface area contributed by atoms with Crippen molar-refractivity contribution < 1.29 is 24.3 Å². The van der Waals surface area contributed by atoms with Crippen molar-refractivity contribution in [2.45, 2.75) is 70.7 Å².